The van der Waals surface area contributed by atoms with Crippen molar-refractivity contribution in [1.29, 1.82) is 0 Å². The van der Waals surface area contributed by atoms with Gasteiger partial charge >= 0.3 is 0 Å². The molecule has 0 spiro atoms. The molecule has 4 heteroatoms. The van der Waals surface area contributed by atoms with Crippen LogP contribution in [-0.2, 0) is 0 Å². The Labute approximate surface area is 93.2 Å². The Morgan fingerprint density at radius 3 is 2.69 bits per heavy atom. The number of aromatic nitrogens is 1. The zero-order chi connectivity index (χ0) is 11.1. The molecule has 1 aliphatic heterocycles. The largest absolute Gasteiger partial charge is 0.454 e. The van der Waals surface area contributed by atoms with Crippen LogP contribution in [0.1, 0.15) is 5.56 Å². The maximum absolute atomic E-state index is 5.34. The number of ether oxygens (including phenoxy) is 2. The second-order valence-corrected chi connectivity index (χ2v) is 3.80. The zero-order valence-electron chi connectivity index (χ0n) is 9.20. The summed E-state index contributed by atoms with van der Waals surface area (Å²) in [6.45, 7) is 2.33. The number of aryl methyl sites for hydroxylation is 1. The van der Waals surface area contributed by atoms with Gasteiger partial charge in [0.05, 0.1) is 5.52 Å². The topological polar surface area (TPSA) is 43.4 Å². The summed E-state index contributed by atoms with van der Waals surface area (Å²) < 4.78 is 10.7. The molecule has 1 aromatic heterocycles. The van der Waals surface area contributed by atoms with E-state index in [1.165, 1.54) is 0 Å². The average molecular weight is 216 g/mol. The summed E-state index contributed by atoms with van der Waals surface area (Å²) >= 11 is 0. The maximum Gasteiger partial charge on any atom is 0.231 e. The molecule has 16 heavy (non-hydrogen) atoms. The minimum absolute atomic E-state index is 0.295. The minimum atomic E-state index is 0.295. The van der Waals surface area contributed by atoms with Crippen LogP contribution in [0.2, 0.25) is 0 Å². The molecule has 0 saturated heterocycles. The smallest absolute Gasteiger partial charge is 0.231 e. The molecule has 2 aromatic rings. The molecule has 0 fully saturated rings. The molecule has 2 heterocycles. The highest BCUT2D eigenvalue weighted by molar-refractivity contribution is 5.85. The summed E-state index contributed by atoms with van der Waals surface area (Å²) in [6, 6.07) is 5.98. The number of hydrogen-bond donors (Lipinski definition) is 1. The summed E-state index contributed by atoms with van der Waals surface area (Å²) in [5.74, 6) is 2.46. The monoisotopic (exact) mass is 216 g/mol. The first kappa shape index (κ1) is 9.27. The molecule has 3 rings (SSSR count). The molecular formula is C12H12N2O2. The van der Waals surface area contributed by atoms with Crippen molar-refractivity contribution in [3.8, 4) is 11.5 Å². The van der Waals surface area contributed by atoms with E-state index in [1.807, 2.05) is 26.1 Å². The van der Waals surface area contributed by atoms with Gasteiger partial charge in [0.25, 0.3) is 0 Å². The van der Waals surface area contributed by atoms with Crippen LogP contribution in [0.25, 0.3) is 10.9 Å². The number of anilines is 1. The molecule has 0 bridgehead atoms. The van der Waals surface area contributed by atoms with E-state index in [2.05, 4.69) is 16.4 Å². The van der Waals surface area contributed by atoms with Crippen molar-refractivity contribution < 1.29 is 9.47 Å². The van der Waals surface area contributed by atoms with Gasteiger partial charge in [0.15, 0.2) is 11.5 Å². The van der Waals surface area contributed by atoms with Crippen molar-refractivity contribution in [2.45, 2.75) is 6.92 Å². The van der Waals surface area contributed by atoms with Gasteiger partial charge in [-0.15, -0.1) is 0 Å². The van der Waals surface area contributed by atoms with Crippen LogP contribution in [0.5, 0.6) is 11.5 Å². The molecule has 1 aromatic carbocycles. The first-order valence-corrected chi connectivity index (χ1v) is 5.16. The van der Waals surface area contributed by atoms with E-state index < -0.39 is 0 Å². The predicted octanol–water partition coefficient (Wildman–Crippen LogP) is 2.31. The lowest BCUT2D eigenvalue weighted by atomic mass is 10.1. The predicted molar refractivity (Wildman–Crippen MR) is 62.1 cm³/mol. The third-order valence-corrected chi connectivity index (χ3v) is 2.74. The Morgan fingerprint density at radius 1 is 1.19 bits per heavy atom. The molecule has 4 nitrogen and oxygen atoms in total. The lowest BCUT2D eigenvalue weighted by molar-refractivity contribution is 0.174. The van der Waals surface area contributed by atoms with E-state index in [-0.39, 0.29) is 0 Å². The van der Waals surface area contributed by atoms with E-state index in [9.17, 15) is 0 Å². The van der Waals surface area contributed by atoms with Crippen molar-refractivity contribution >= 4 is 16.7 Å². The molecule has 0 saturated carbocycles. The summed E-state index contributed by atoms with van der Waals surface area (Å²) in [7, 11) is 1.87. The molecule has 0 amide bonds. The van der Waals surface area contributed by atoms with Crippen molar-refractivity contribution in [3.05, 3.63) is 23.8 Å². The number of hydrogen-bond acceptors (Lipinski definition) is 4. The number of benzene rings is 1. The van der Waals surface area contributed by atoms with Gasteiger partial charge < -0.3 is 14.8 Å². The molecule has 1 N–H and O–H groups in total. The van der Waals surface area contributed by atoms with Gasteiger partial charge in [-0.1, -0.05) is 0 Å². The third-order valence-electron chi connectivity index (χ3n) is 2.74. The average Bonchev–Trinajstić information content (AvgIpc) is 2.72. The number of fused-ring (bicyclic) bond motifs is 2. The van der Waals surface area contributed by atoms with Gasteiger partial charge in [0.2, 0.25) is 6.79 Å². The SMILES string of the molecule is CNc1nc2cc3c(cc2cc1C)OCO3. The maximum atomic E-state index is 5.34. The van der Waals surface area contributed by atoms with E-state index in [0.29, 0.717) is 6.79 Å². The number of nitrogens with zero attached hydrogens (tertiary/aromatic N) is 1. The number of nitrogens with one attached hydrogen (secondary N) is 1. The van der Waals surface area contributed by atoms with Crippen LogP contribution in [0.15, 0.2) is 18.2 Å². The van der Waals surface area contributed by atoms with Gasteiger partial charge in [-0.05, 0) is 24.6 Å². The Morgan fingerprint density at radius 2 is 1.94 bits per heavy atom. The highest BCUT2D eigenvalue weighted by Gasteiger charge is 2.15. The van der Waals surface area contributed by atoms with Crippen LogP contribution in [0.4, 0.5) is 5.82 Å². The molecule has 0 unspecified atom stereocenters. The molecule has 0 atom stereocenters. The Bertz CT molecular complexity index is 556. The summed E-state index contributed by atoms with van der Waals surface area (Å²) in [5, 5.41) is 4.14. The van der Waals surface area contributed by atoms with Crippen LogP contribution in [0, 0.1) is 6.92 Å². The standard InChI is InChI=1S/C12H12N2O2/c1-7-3-8-4-10-11(16-6-15-10)5-9(8)14-12(7)13-2/h3-5H,6H2,1-2H3,(H,13,14). The molecule has 1 aliphatic rings. The van der Waals surface area contributed by atoms with Crippen LogP contribution in [-0.4, -0.2) is 18.8 Å². The molecule has 0 radical (unpaired) electrons. The quantitative estimate of drug-likeness (QED) is 0.794. The van der Waals surface area contributed by atoms with E-state index in [0.717, 1.165) is 33.8 Å². The van der Waals surface area contributed by atoms with Gasteiger partial charge in [0.1, 0.15) is 5.82 Å². The highest BCUT2D eigenvalue weighted by Crippen LogP contribution is 2.36. The van der Waals surface area contributed by atoms with Gasteiger partial charge in [-0.3, -0.25) is 0 Å². The summed E-state index contributed by atoms with van der Waals surface area (Å²) in [4.78, 5) is 4.52. The fourth-order valence-electron chi connectivity index (χ4n) is 1.92. The van der Waals surface area contributed by atoms with Crippen LogP contribution >= 0.6 is 0 Å². The normalized spacial score (nSPS) is 13.1. The molecular weight excluding hydrogens is 204 g/mol. The van der Waals surface area contributed by atoms with Crippen LogP contribution in [0.3, 0.4) is 0 Å². The van der Waals surface area contributed by atoms with Crippen molar-refractivity contribution in [1.82, 2.24) is 4.98 Å². The number of rotatable bonds is 1. The van der Waals surface area contributed by atoms with E-state index in [1.54, 1.807) is 0 Å². The lowest BCUT2D eigenvalue weighted by Crippen LogP contribution is -1.95. The Hall–Kier alpha value is -1.97. The second kappa shape index (κ2) is 3.27. The van der Waals surface area contributed by atoms with Gasteiger partial charge in [-0.2, -0.15) is 0 Å². The van der Waals surface area contributed by atoms with Crippen molar-refractivity contribution in [2.24, 2.45) is 0 Å². The first-order chi connectivity index (χ1) is 7.78. The second-order valence-electron chi connectivity index (χ2n) is 3.80. The first-order valence-electron chi connectivity index (χ1n) is 5.16. The molecule has 0 aliphatic carbocycles. The van der Waals surface area contributed by atoms with Crippen molar-refractivity contribution in [2.75, 3.05) is 19.2 Å². The number of pyridine rings is 1. The molecule has 82 valence electrons. The van der Waals surface area contributed by atoms with Crippen molar-refractivity contribution in [3.63, 3.8) is 0 Å². The van der Waals surface area contributed by atoms with Gasteiger partial charge in [0, 0.05) is 18.5 Å². The Balaban J connectivity index is 2.28. The summed E-state index contributed by atoms with van der Waals surface area (Å²) in [6.07, 6.45) is 0. The fourth-order valence-corrected chi connectivity index (χ4v) is 1.92. The minimum Gasteiger partial charge on any atom is -0.454 e. The Kier molecular flexibility index (Phi) is 1.89. The van der Waals surface area contributed by atoms with E-state index in [4.69, 9.17) is 9.47 Å². The summed E-state index contributed by atoms with van der Waals surface area (Å²) in [5.41, 5.74) is 2.04. The van der Waals surface area contributed by atoms with Crippen LogP contribution < -0.4 is 14.8 Å². The fraction of sp³-hybridized carbons (Fsp3) is 0.250. The highest BCUT2D eigenvalue weighted by atomic mass is 16.7. The zero-order valence-corrected chi connectivity index (χ0v) is 9.20. The lowest BCUT2D eigenvalue weighted by Gasteiger charge is -2.07. The van der Waals surface area contributed by atoms with Gasteiger partial charge in [-0.25, -0.2) is 4.98 Å². The third kappa shape index (κ3) is 1.26. The van der Waals surface area contributed by atoms with E-state index >= 15 is 0 Å².